The minimum Gasteiger partial charge on any atom is -0.457 e. The number of esters is 2. The van der Waals surface area contributed by atoms with Gasteiger partial charge in [-0.1, -0.05) is 88.4 Å². The van der Waals surface area contributed by atoms with Crippen LogP contribution in [0.15, 0.2) is 60.7 Å². The number of ether oxygens (including phenoxy) is 2. The average Bonchev–Trinajstić information content (AvgIpc) is 3.62. The van der Waals surface area contributed by atoms with E-state index in [1.54, 1.807) is 0 Å². The van der Waals surface area contributed by atoms with Crippen LogP contribution in [0.3, 0.4) is 0 Å². The minimum atomic E-state index is -0.593. The van der Waals surface area contributed by atoms with Crippen LogP contribution in [0.1, 0.15) is 51.0 Å². The van der Waals surface area contributed by atoms with Crippen LogP contribution < -0.4 is 0 Å². The number of benzene rings is 2. The molecule has 0 heterocycles. The molecule has 10 radical (unpaired) electrons. The molecule has 2 aliphatic rings. The summed E-state index contributed by atoms with van der Waals surface area (Å²) < 4.78 is 11.9. The SMILES string of the molecule is CC(C)C(=O)O[C@H]([C]1[CH][CH][CH][C]1[C@@H](OC(=O)C(C)C)c1ccccc1)c1ccccc1.[CH]1[CH][CH][CH][CH]1.[Fe+2]. The van der Waals surface area contributed by atoms with Gasteiger partial charge in [0.25, 0.3) is 0 Å². The van der Waals surface area contributed by atoms with Gasteiger partial charge in [0.1, 0.15) is 12.2 Å². The van der Waals surface area contributed by atoms with E-state index in [2.05, 4.69) is 0 Å². The standard InChI is InChI=1S/C27H29O4.C5H5.Fe/c1-18(2)26(28)30-24(20-12-7-5-8-13-20)22-16-11-17-23(22)25(31-27(29)19(3)4)21-14-9-6-10-15-21;1-2-4-5-3-1;/h5-19,24-25H,1-4H3;1-5H;/q;;+2/t24-,25-;;/m0../s1. The van der Waals surface area contributed by atoms with Gasteiger partial charge in [0.2, 0.25) is 0 Å². The quantitative estimate of drug-likeness (QED) is 0.279. The average molecular weight is 538 g/mol. The van der Waals surface area contributed by atoms with Gasteiger partial charge in [-0.3, -0.25) is 9.59 Å². The number of rotatable bonds is 8. The maximum atomic E-state index is 12.5. The third kappa shape index (κ3) is 9.30. The van der Waals surface area contributed by atoms with Crippen LogP contribution in [0.4, 0.5) is 0 Å². The molecule has 2 aliphatic carbocycles. The first-order valence-corrected chi connectivity index (χ1v) is 12.3. The van der Waals surface area contributed by atoms with E-state index in [0.29, 0.717) is 0 Å². The molecule has 2 saturated carbocycles. The Kier molecular flexibility index (Phi) is 13.5. The van der Waals surface area contributed by atoms with Crippen molar-refractivity contribution in [3.8, 4) is 0 Å². The third-order valence-corrected chi connectivity index (χ3v) is 5.62. The summed E-state index contributed by atoms with van der Waals surface area (Å²) in [5.74, 6) is 0.547. The molecule has 0 amide bonds. The second-order valence-electron chi connectivity index (χ2n) is 9.16. The fraction of sp³-hybridized carbons (Fsp3) is 0.250. The molecule has 37 heavy (non-hydrogen) atoms. The normalized spacial score (nSPS) is 17.5. The fourth-order valence-corrected chi connectivity index (χ4v) is 3.63. The van der Waals surface area contributed by atoms with Crippen molar-refractivity contribution in [2.24, 2.45) is 11.8 Å². The number of carbonyl (C=O) groups excluding carboxylic acids is 2. The van der Waals surface area contributed by atoms with Crippen LogP contribution >= 0.6 is 0 Å². The monoisotopic (exact) mass is 538 g/mol. The van der Waals surface area contributed by atoms with Gasteiger partial charge < -0.3 is 9.47 Å². The van der Waals surface area contributed by atoms with Crippen molar-refractivity contribution in [2.45, 2.75) is 39.9 Å². The molecule has 5 heteroatoms. The zero-order valence-corrected chi connectivity index (χ0v) is 22.8. The molecule has 2 fully saturated rings. The summed E-state index contributed by atoms with van der Waals surface area (Å²) in [6.45, 7) is 7.25. The van der Waals surface area contributed by atoms with E-state index < -0.39 is 12.2 Å². The Labute approximate surface area is 234 Å². The first kappa shape index (κ1) is 31.1. The Morgan fingerprint density at radius 1 is 0.541 bits per heavy atom. The van der Waals surface area contributed by atoms with Crippen molar-refractivity contribution in [1.29, 1.82) is 0 Å². The van der Waals surface area contributed by atoms with E-state index in [-0.39, 0.29) is 40.8 Å². The van der Waals surface area contributed by atoms with Gasteiger partial charge in [-0.05, 0) is 62.5 Å². The maximum Gasteiger partial charge on any atom is 2.00 e. The van der Waals surface area contributed by atoms with Crippen molar-refractivity contribution >= 4 is 11.9 Å². The van der Waals surface area contributed by atoms with Crippen molar-refractivity contribution in [3.05, 3.63) is 135 Å². The van der Waals surface area contributed by atoms with E-state index in [1.807, 2.05) is 140 Å². The third-order valence-electron chi connectivity index (χ3n) is 5.62. The van der Waals surface area contributed by atoms with Crippen molar-refractivity contribution in [2.75, 3.05) is 0 Å². The van der Waals surface area contributed by atoms with Crippen LogP contribution in [0.5, 0.6) is 0 Å². The predicted molar refractivity (Wildman–Crippen MR) is 141 cm³/mol. The molecular weight excluding hydrogens is 504 g/mol. The predicted octanol–water partition coefficient (Wildman–Crippen LogP) is 6.66. The van der Waals surface area contributed by atoms with Gasteiger partial charge in [0.15, 0.2) is 0 Å². The molecule has 0 bridgehead atoms. The molecule has 0 saturated heterocycles. The second-order valence-corrected chi connectivity index (χ2v) is 9.16. The summed E-state index contributed by atoms with van der Waals surface area (Å²) in [6.07, 6.45) is 14.6. The molecule has 4 rings (SSSR count). The zero-order chi connectivity index (χ0) is 25.9. The molecule has 0 spiro atoms. The fourth-order valence-electron chi connectivity index (χ4n) is 3.63. The Morgan fingerprint density at radius 3 is 1.16 bits per heavy atom. The molecular formula is C32H34FeO4+2. The van der Waals surface area contributed by atoms with Crippen LogP contribution in [0.25, 0.3) is 0 Å². The van der Waals surface area contributed by atoms with Gasteiger partial charge in [-0.15, -0.1) is 0 Å². The largest absolute Gasteiger partial charge is 2.00 e. The number of carbonyl (C=O) groups is 2. The van der Waals surface area contributed by atoms with Gasteiger partial charge in [0, 0.05) is 11.8 Å². The Bertz CT molecular complexity index is 845. The van der Waals surface area contributed by atoms with Crippen molar-refractivity contribution < 1.29 is 36.1 Å². The smallest absolute Gasteiger partial charge is 0.457 e. The Hall–Kier alpha value is -2.10. The summed E-state index contributed by atoms with van der Waals surface area (Å²) in [6, 6.07) is 19.3. The molecule has 4 nitrogen and oxygen atoms in total. The van der Waals surface area contributed by atoms with Crippen LogP contribution in [-0.4, -0.2) is 11.9 Å². The zero-order valence-electron chi connectivity index (χ0n) is 21.7. The van der Waals surface area contributed by atoms with Crippen LogP contribution in [-0.2, 0) is 36.1 Å². The van der Waals surface area contributed by atoms with Gasteiger partial charge in [-0.25, -0.2) is 0 Å². The molecule has 0 N–H and O–H groups in total. The minimum absolute atomic E-state index is 0. The first-order chi connectivity index (χ1) is 17.4. The molecule has 2 atom stereocenters. The van der Waals surface area contributed by atoms with Crippen molar-refractivity contribution in [3.63, 3.8) is 0 Å². The Morgan fingerprint density at radius 2 is 0.865 bits per heavy atom. The summed E-state index contributed by atoms with van der Waals surface area (Å²) in [5, 5.41) is 0. The molecule has 2 aromatic rings. The molecule has 2 aromatic carbocycles. The van der Waals surface area contributed by atoms with Gasteiger partial charge in [-0.2, -0.15) is 0 Å². The second kappa shape index (κ2) is 16.0. The Balaban J connectivity index is 0.000000716. The molecule has 0 aliphatic heterocycles. The maximum absolute atomic E-state index is 12.5. The molecule has 192 valence electrons. The van der Waals surface area contributed by atoms with Crippen LogP contribution in [0.2, 0.25) is 0 Å². The van der Waals surface area contributed by atoms with Gasteiger partial charge >= 0.3 is 29.0 Å². The van der Waals surface area contributed by atoms with E-state index in [9.17, 15) is 9.59 Å². The summed E-state index contributed by atoms with van der Waals surface area (Å²) >= 11 is 0. The summed E-state index contributed by atoms with van der Waals surface area (Å²) in [7, 11) is 0. The summed E-state index contributed by atoms with van der Waals surface area (Å²) in [5.41, 5.74) is 1.73. The molecule has 0 aromatic heterocycles. The van der Waals surface area contributed by atoms with Crippen molar-refractivity contribution in [1.82, 2.24) is 0 Å². The topological polar surface area (TPSA) is 52.6 Å². The van der Waals surface area contributed by atoms with E-state index in [4.69, 9.17) is 9.47 Å². The van der Waals surface area contributed by atoms with E-state index in [0.717, 1.165) is 23.0 Å². The van der Waals surface area contributed by atoms with E-state index >= 15 is 0 Å². The van der Waals surface area contributed by atoms with Gasteiger partial charge in [0.05, 0.1) is 11.8 Å². The van der Waals surface area contributed by atoms with E-state index in [1.165, 1.54) is 0 Å². The first-order valence-electron chi connectivity index (χ1n) is 12.3. The molecule has 0 unspecified atom stereocenters. The number of hydrogen-bond acceptors (Lipinski definition) is 4. The number of hydrogen-bond donors (Lipinski definition) is 0. The van der Waals surface area contributed by atoms with Crippen LogP contribution in [0, 0.1) is 75.0 Å². The summed E-state index contributed by atoms with van der Waals surface area (Å²) in [4.78, 5) is 25.1.